The van der Waals surface area contributed by atoms with Gasteiger partial charge in [-0.2, -0.15) is 0 Å². The van der Waals surface area contributed by atoms with Gasteiger partial charge in [0, 0.05) is 55.7 Å². The molecule has 0 N–H and O–H groups in total. The van der Waals surface area contributed by atoms with Crippen molar-refractivity contribution in [1.82, 2.24) is 0 Å². The van der Waals surface area contributed by atoms with Crippen molar-refractivity contribution in [2.24, 2.45) is 0 Å². The van der Waals surface area contributed by atoms with Crippen LogP contribution in [-0.4, -0.2) is 0 Å². The van der Waals surface area contributed by atoms with Gasteiger partial charge in [-0.3, -0.25) is 0 Å². The molecule has 0 aliphatic heterocycles. The molecule has 1 aliphatic rings. The van der Waals surface area contributed by atoms with E-state index in [1.807, 2.05) is 0 Å². The summed E-state index contributed by atoms with van der Waals surface area (Å²) in [7, 11) is 0. The molecule has 0 fully saturated rings. The standard InChI is InChI=1S/C68H49N3/c1-5-28-51(29-6-1)69(65-40-20-26-49-23-14-17-37-58(49)65)55-43-45-62-63(46-55)67(60-39-19-25-48-22-13-16-36-57(48)60)61-44-42-56(47-64(61)68(62)71(53-32-9-3-10-33-53)54-34-11-4-12-35-54)70(52-30-7-2-8-31-52)66-41-21-27-50-24-15-18-38-59(50)66/h1-18,20-38,40-47H,19,39H2. The Hall–Kier alpha value is -9.18. The van der Waals surface area contributed by atoms with Crippen LogP contribution in [0.1, 0.15) is 18.4 Å². The summed E-state index contributed by atoms with van der Waals surface area (Å²) in [6.07, 6.45) is 4.29. The Kier molecular flexibility index (Phi) is 10.7. The van der Waals surface area contributed by atoms with E-state index in [9.17, 15) is 0 Å². The van der Waals surface area contributed by atoms with Crippen molar-refractivity contribution < 1.29 is 0 Å². The van der Waals surface area contributed by atoms with Gasteiger partial charge in [0.2, 0.25) is 0 Å². The zero-order chi connectivity index (χ0) is 47.1. The maximum absolute atomic E-state index is 2.48. The van der Waals surface area contributed by atoms with Gasteiger partial charge in [-0.25, -0.2) is 0 Å². The van der Waals surface area contributed by atoms with Crippen LogP contribution in [0.3, 0.4) is 0 Å². The van der Waals surface area contributed by atoms with Crippen LogP contribution < -0.4 is 25.1 Å². The summed E-state index contributed by atoms with van der Waals surface area (Å²) in [5, 5.41) is 12.1. The number of fused-ring (bicyclic) bond motifs is 5. The molecule has 12 aromatic carbocycles. The molecule has 12 aromatic rings. The highest BCUT2D eigenvalue weighted by molar-refractivity contribution is 6.21. The molecule has 0 amide bonds. The minimum atomic E-state index is 0.922. The number of benzene rings is 12. The second-order valence-electron chi connectivity index (χ2n) is 18.3. The lowest BCUT2D eigenvalue weighted by Crippen LogP contribution is -2.29. The first-order valence-electron chi connectivity index (χ1n) is 24.7. The molecule has 336 valence electrons. The molecule has 0 saturated heterocycles. The lowest BCUT2D eigenvalue weighted by Gasteiger charge is -2.32. The van der Waals surface area contributed by atoms with Crippen LogP contribution in [0, 0.1) is 0 Å². The first-order valence-corrected chi connectivity index (χ1v) is 24.7. The molecule has 0 atom stereocenters. The Labute approximate surface area is 414 Å². The van der Waals surface area contributed by atoms with Gasteiger partial charge in [-0.05, 0) is 141 Å². The number of nitrogens with zero attached hydrogens (tertiary/aromatic N) is 3. The summed E-state index contributed by atoms with van der Waals surface area (Å²) in [6.45, 7) is 0. The Morgan fingerprint density at radius 3 is 1.27 bits per heavy atom. The van der Waals surface area contributed by atoms with Crippen molar-refractivity contribution in [3.63, 3.8) is 0 Å². The van der Waals surface area contributed by atoms with Crippen molar-refractivity contribution in [3.8, 4) is 0 Å². The van der Waals surface area contributed by atoms with E-state index in [0.717, 1.165) is 64.0 Å². The SMILES string of the molecule is C1=c2ccccc2=C(c2c3cc(N(c4ccccc4)c4cccc5ccccc45)ccc3c(N(c3ccccc3)c3ccccc3)c3cc(N(c4ccccc4)c4cccc5ccccc45)ccc23)CC1. The third-order valence-electron chi connectivity index (χ3n) is 14.2. The topological polar surface area (TPSA) is 9.72 Å². The molecule has 0 spiro atoms. The quantitative estimate of drug-likeness (QED) is 0.127. The van der Waals surface area contributed by atoms with E-state index in [2.05, 4.69) is 288 Å². The monoisotopic (exact) mass is 907 g/mol. The van der Waals surface area contributed by atoms with Crippen LogP contribution in [-0.2, 0) is 0 Å². The van der Waals surface area contributed by atoms with Crippen LogP contribution in [0.15, 0.2) is 267 Å². The molecule has 1 aliphatic carbocycles. The van der Waals surface area contributed by atoms with Crippen molar-refractivity contribution in [2.75, 3.05) is 14.7 Å². The van der Waals surface area contributed by atoms with Gasteiger partial charge in [-0.1, -0.05) is 188 Å². The molecular weight excluding hydrogens is 859 g/mol. The summed E-state index contributed by atoms with van der Waals surface area (Å²) in [5.41, 5.74) is 12.6. The van der Waals surface area contributed by atoms with Crippen LogP contribution in [0.5, 0.6) is 0 Å². The maximum Gasteiger partial charge on any atom is 0.0619 e. The molecular formula is C68H49N3. The fourth-order valence-corrected chi connectivity index (χ4v) is 11.1. The summed E-state index contributed by atoms with van der Waals surface area (Å²) >= 11 is 0. The van der Waals surface area contributed by atoms with Crippen molar-refractivity contribution >= 4 is 106 Å². The predicted octanol–water partition coefficient (Wildman–Crippen LogP) is 17.5. The Morgan fingerprint density at radius 2 is 0.718 bits per heavy atom. The van der Waals surface area contributed by atoms with Gasteiger partial charge >= 0.3 is 0 Å². The Bertz CT molecular complexity index is 4010. The average Bonchev–Trinajstić information content (AvgIpc) is 3.44. The highest BCUT2D eigenvalue weighted by atomic mass is 15.2. The zero-order valence-corrected chi connectivity index (χ0v) is 39.2. The van der Waals surface area contributed by atoms with Gasteiger partial charge in [0.1, 0.15) is 0 Å². The van der Waals surface area contributed by atoms with Crippen molar-refractivity contribution in [2.45, 2.75) is 12.8 Å². The molecule has 0 radical (unpaired) electrons. The molecule has 0 aromatic heterocycles. The molecule has 3 nitrogen and oxygen atoms in total. The number of para-hydroxylation sites is 4. The van der Waals surface area contributed by atoms with Crippen LogP contribution in [0.2, 0.25) is 0 Å². The summed E-state index contributed by atoms with van der Waals surface area (Å²) in [5.74, 6) is 0. The normalized spacial score (nSPS) is 12.2. The van der Waals surface area contributed by atoms with E-state index >= 15 is 0 Å². The lowest BCUT2D eigenvalue weighted by molar-refractivity contribution is 1.08. The van der Waals surface area contributed by atoms with Gasteiger partial charge in [0.25, 0.3) is 0 Å². The minimum Gasteiger partial charge on any atom is -0.310 e. The Morgan fingerprint density at radius 1 is 0.282 bits per heavy atom. The Balaban J connectivity index is 1.19. The smallest absolute Gasteiger partial charge is 0.0619 e. The van der Waals surface area contributed by atoms with Gasteiger partial charge in [0.15, 0.2) is 0 Å². The molecule has 0 bridgehead atoms. The highest BCUT2D eigenvalue weighted by Crippen LogP contribution is 2.51. The van der Waals surface area contributed by atoms with Crippen LogP contribution >= 0.6 is 0 Å². The first-order chi connectivity index (χ1) is 35.3. The molecule has 71 heavy (non-hydrogen) atoms. The summed E-state index contributed by atoms with van der Waals surface area (Å²) < 4.78 is 0. The van der Waals surface area contributed by atoms with Gasteiger partial charge in [0.05, 0.1) is 17.1 Å². The molecule has 0 heterocycles. The second-order valence-corrected chi connectivity index (χ2v) is 18.3. The highest BCUT2D eigenvalue weighted by Gasteiger charge is 2.27. The molecule has 0 saturated carbocycles. The van der Waals surface area contributed by atoms with Crippen LogP contribution in [0.25, 0.3) is 54.7 Å². The van der Waals surface area contributed by atoms with E-state index < -0.39 is 0 Å². The van der Waals surface area contributed by atoms with E-state index in [4.69, 9.17) is 0 Å². The third-order valence-corrected chi connectivity index (χ3v) is 14.2. The van der Waals surface area contributed by atoms with Crippen LogP contribution in [0.4, 0.5) is 51.2 Å². The van der Waals surface area contributed by atoms with E-state index in [1.165, 1.54) is 64.7 Å². The van der Waals surface area contributed by atoms with E-state index in [0.29, 0.717) is 0 Å². The number of hydrogen-bond acceptors (Lipinski definition) is 3. The minimum absolute atomic E-state index is 0.922. The van der Waals surface area contributed by atoms with Crippen molar-refractivity contribution in [1.29, 1.82) is 0 Å². The average molecular weight is 908 g/mol. The first kappa shape index (κ1) is 42.0. The predicted molar refractivity (Wildman–Crippen MR) is 302 cm³/mol. The lowest BCUT2D eigenvalue weighted by atomic mass is 9.85. The summed E-state index contributed by atoms with van der Waals surface area (Å²) in [6, 6.07) is 97.6. The fraction of sp³-hybridized carbons (Fsp3) is 0.0294. The maximum atomic E-state index is 2.48. The van der Waals surface area contributed by atoms with Crippen molar-refractivity contribution in [3.05, 3.63) is 283 Å². The van der Waals surface area contributed by atoms with E-state index in [-0.39, 0.29) is 0 Å². The number of rotatable bonds is 10. The molecule has 3 heteroatoms. The number of hydrogen-bond donors (Lipinski definition) is 0. The zero-order valence-electron chi connectivity index (χ0n) is 39.2. The largest absolute Gasteiger partial charge is 0.310 e. The third kappa shape index (κ3) is 7.47. The number of anilines is 9. The second kappa shape index (κ2) is 18.0. The fourth-order valence-electron chi connectivity index (χ4n) is 11.1. The molecule has 0 unspecified atom stereocenters. The van der Waals surface area contributed by atoms with Gasteiger partial charge < -0.3 is 14.7 Å². The molecule has 13 rings (SSSR count). The summed E-state index contributed by atoms with van der Waals surface area (Å²) in [4.78, 5) is 7.36. The van der Waals surface area contributed by atoms with E-state index in [1.54, 1.807) is 0 Å². The van der Waals surface area contributed by atoms with Gasteiger partial charge in [-0.15, -0.1) is 0 Å².